The normalized spacial score (nSPS) is 9.64. The van der Waals surface area contributed by atoms with Crippen LogP contribution in [0, 0.1) is 5.92 Å². The van der Waals surface area contributed by atoms with Crippen LogP contribution in [0.25, 0.3) is 0 Å². The maximum Gasteiger partial charge on any atom is 0.221 e. The molecule has 0 aromatic rings. The molecule has 11 heavy (non-hydrogen) atoms. The number of hydrogen-bond donors (Lipinski definition) is 0. The summed E-state index contributed by atoms with van der Waals surface area (Å²) in [5, 5.41) is -0.267. The Hall–Kier alpha value is -0.560. The summed E-state index contributed by atoms with van der Waals surface area (Å²) in [7, 11) is 0. The third kappa shape index (κ3) is 5.86. The summed E-state index contributed by atoms with van der Waals surface area (Å²) in [6.45, 7) is 7.28. The Labute approximate surface area is 72.7 Å². The SMILES string of the molecule is C=CC(C=C)CCCC(=O)Cl. The van der Waals surface area contributed by atoms with Crippen LogP contribution in [0.2, 0.25) is 0 Å². The number of rotatable bonds is 6. The molecule has 0 rings (SSSR count). The summed E-state index contributed by atoms with van der Waals surface area (Å²) in [6.07, 6.45) is 5.81. The van der Waals surface area contributed by atoms with Crippen LogP contribution in [-0.2, 0) is 4.79 Å². The predicted octanol–water partition coefficient (Wildman–Crippen LogP) is 2.91. The number of hydrogen-bond acceptors (Lipinski definition) is 1. The van der Waals surface area contributed by atoms with E-state index in [1.807, 2.05) is 12.2 Å². The topological polar surface area (TPSA) is 17.1 Å². The van der Waals surface area contributed by atoms with Gasteiger partial charge in [-0.25, -0.2) is 0 Å². The molecule has 0 fully saturated rings. The summed E-state index contributed by atoms with van der Waals surface area (Å²) >= 11 is 5.16. The summed E-state index contributed by atoms with van der Waals surface area (Å²) in [5.41, 5.74) is 0. The fraction of sp³-hybridized carbons (Fsp3) is 0.444. The molecule has 0 aromatic carbocycles. The van der Waals surface area contributed by atoms with Gasteiger partial charge in [-0.1, -0.05) is 12.2 Å². The number of allylic oxidation sites excluding steroid dienone is 2. The quantitative estimate of drug-likeness (QED) is 0.445. The highest BCUT2D eigenvalue weighted by Crippen LogP contribution is 2.10. The van der Waals surface area contributed by atoms with Gasteiger partial charge in [0.2, 0.25) is 5.24 Å². The first-order chi connectivity index (χ1) is 5.20. The first-order valence-electron chi connectivity index (χ1n) is 3.64. The van der Waals surface area contributed by atoms with Gasteiger partial charge in [-0.05, 0) is 30.4 Å². The van der Waals surface area contributed by atoms with E-state index < -0.39 is 0 Å². The molecule has 0 bridgehead atoms. The molecule has 62 valence electrons. The first-order valence-corrected chi connectivity index (χ1v) is 4.02. The lowest BCUT2D eigenvalue weighted by molar-refractivity contribution is -0.111. The zero-order valence-electron chi connectivity index (χ0n) is 6.55. The van der Waals surface area contributed by atoms with E-state index in [9.17, 15) is 4.79 Å². The van der Waals surface area contributed by atoms with E-state index in [1.54, 1.807) is 0 Å². The van der Waals surface area contributed by atoms with Gasteiger partial charge >= 0.3 is 0 Å². The van der Waals surface area contributed by atoms with E-state index >= 15 is 0 Å². The molecule has 0 aliphatic rings. The van der Waals surface area contributed by atoms with E-state index in [0.717, 1.165) is 12.8 Å². The van der Waals surface area contributed by atoms with E-state index in [-0.39, 0.29) is 5.24 Å². The highest BCUT2D eigenvalue weighted by Gasteiger charge is 2.00. The molecule has 0 atom stereocenters. The molecule has 0 N–H and O–H groups in total. The Morgan fingerprint density at radius 3 is 2.36 bits per heavy atom. The molecule has 0 radical (unpaired) electrons. The molecule has 0 unspecified atom stereocenters. The Morgan fingerprint density at radius 1 is 1.45 bits per heavy atom. The smallest absolute Gasteiger partial charge is 0.221 e. The van der Waals surface area contributed by atoms with E-state index in [0.29, 0.717) is 12.3 Å². The second-order valence-electron chi connectivity index (χ2n) is 2.38. The average Bonchev–Trinajstić information content (AvgIpc) is 1.98. The van der Waals surface area contributed by atoms with Gasteiger partial charge in [0.1, 0.15) is 0 Å². The predicted molar refractivity (Wildman–Crippen MR) is 48.6 cm³/mol. The van der Waals surface area contributed by atoms with Gasteiger partial charge in [-0.15, -0.1) is 13.2 Å². The minimum absolute atomic E-state index is 0.267. The second-order valence-corrected chi connectivity index (χ2v) is 2.80. The highest BCUT2D eigenvalue weighted by atomic mass is 35.5. The van der Waals surface area contributed by atoms with Crippen LogP contribution >= 0.6 is 11.6 Å². The van der Waals surface area contributed by atoms with Crippen LogP contribution in [0.3, 0.4) is 0 Å². The Morgan fingerprint density at radius 2 is 2.00 bits per heavy atom. The van der Waals surface area contributed by atoms with Crippen molar-refractivity contribution in [2.45, 2.75) is 19.3 Å². The molecule has 2 heteroatoms. The van der Waals surface area contributed by atoms with E-state index in [2.05, 4.69) is 13.2 Å². The summed E-state index contributed by atoms with van der Waals surface area (Å²) < 4.78 is 0. The molecule has 0 aliphatic carbocycles. The summed E-state index contributed by atoms with van der Waals surface area (Å²) in [6, 6.07) is 0. The minimum atomic E-state index is -0.267. The molecule has 0 saturated carbocycles. The molecule has 0 amide bonds. The molecule has 1 nitrogen and oxygen atoms in total. The Bertz CT molecular complexity index is 144. The van der Waals surface area contributed by atoms with Crippen molar-refractivity contribution in [3.63, 3.8) is 0 Å². The third-order valence-electron chi connectivity index (χ3n) is 1.52. The van der Waals surface area contributed by atoms with Gasteiger partial charge in [0, 0.05) is 6.42 Å². The second kappa shape index (κ2) is 6.17. The highest BCUT2D eigenvalue weighted by molar-refractivity contribution is 6.63. The van der Waals surface area contributed by atoms with Crippen molar-refractivity contribution in [3.05, 3.63) is 25.3 Å². The third-order valence-corrected chi connectivity index (χ3v) is 1.71. The van der Waals surface area contributed by atoms with Crippen molar-refractivity contribution in [3.8, 4) is 0 Å². The van der Waals surface area contributed by atoms with Crippen molar-refractivity contribution in [1.29, 1.82) is 0 Å². The van der Waals surface area contributed by atoms with Crippen LogP contribution in [0.1, 0.15) is 19.3 Å². The van der Waals surface area contributed by atoms with Crippen LogP contribution in [0.15, 0.2) is 25.3 Å². The lowest BCUT2D eigenvalue weighted by Crippen LogP contribution is -1.93. The monoisotopic (exact) mass is 172 g/mol. The van der Waals surface area contributed by atoms with Gasteiger partial charge in [0.05, 0.1) is 0 Å². The van der Waals surface area contributed by atoms with Crippen molar-refractivity contribution < 1.29 is 4.79 Å². The van der Waals surface area contributed by atoms with Gasteiger partial charge in [-0.3, -0.25) is 4.79 Å². The summed E-state index contributed by atoms with van der Waals surface area (Å²) in [4.78, 5) is 10.3. The van der Waals surface area contributed by atoms with Gasteiger partial charge in [0.15, 0.2) is 0 Å². The Kier molecular flexibility index (Phi) is 5.86. The molecular formula is C9H13ClO. The molecule has 0 heterocycles. The molecule has 0 aliphatic heterocycles. The fourth-order valence-corrected chi connectivity index (χ4v) is 0.942. The summed E-state index contributed by atoms with van der Waals surface area (Å²) in [5.74, 6) is 0.311. The van der Waals surface area contributed by atoms with Crippen LogP contribution in [0.4, 0.5) is 0 Å². The van der Waals surface area contributed by atoms with E-state index in [4.69, 9.17) is 11.6 Å². The zero-order chi connectivity index (χ0) is 8.69. The van der Waals surface area contributed by atoms with Crippen LogP contribution in [-0.4, -0.2) is 5.24 Å². The number of carbonyl (C=O) groups excluding carboxylic acids is 1. The fourth-order valence-electron chi connectivity index (χ4n) is 0.809. The van der Waals surface area contributed by atoms with Crippen molar-refractivity contribution in [2.75, 3.05) is 0 Å². The van der Waals surface area contributed by atoms with Crippen molar-refractivity contribution in [2.24, 2.45) is 5.92 Å². The Balaban J connectivity index is 3.43. The average molecular weight is 173 g/mol. The van der Waals surface area contributed by atoms with Crippen molar-refractivity contribution in [1.82, 2.24) is 0 Å². The van der Waals surface area contributed by atoms with Crippen LogP contribution in [0.5, 0.6) is 0 Å². The maximum absolute atomic E-state index is 10.3. The molecule has 0 saturated heterocycles. The van der Waals surface area contributed by atoms with Gasteiger partial charge < -0.3 is 0 Å². The molecule has 0 aromatic heterocycles. The number of halogens is 1. The zero-order valence-corrected chi connectivity index (χ0v) is 7.31. The van der Waals surface area contributed by atoms with Gasteiger partial charge in [0.25, 0.3) is 0 Å². The lowest BCUT2D eigenvalue weighted by atomic mass is 10.0. The van der Waals surface area contributed by atoms with E-state index in [1.165, 1.54) is 0 Å². The van der Waals surface area contributed by atoms with Crippen LogP contribution < -0.4 is 0 Å². The maximum atomic E-state index is 10.3. The molecule has 0 spiro atoms. The number of carbonyl (C=O) groups is 1. The molecular weight excluding hydrogens is 160 g/mol. The first kappa shape index (κ1) is 10.4. The largest absolute Gasteiger partial charge is 0.281 e. The van der Waals surface area contributed by atoms with Gasteiger partial charge in [-0.2, -0.15) is 0 Å². The minimum Gasteiger partial charge on any atom is -0.281 e. The standard InChI is InChI=1S/C9H13ClO/c1-3-8(4-2)6-5-7-9(10)11/h3-4,8H,1-2,5-7H2. The van der Waals surface area contributed by atoms with Crippen molar-refractivity contribution >= 4 is 16.8 Å². The lowest BCUT2D eigenvalue weighted by Gasteiger charge is -2.03.